The lowest BCUT2D eigenvalue weighted by molar-refractivity contribution is -0.556. The predicted octanol–water partition coefficient (Wildman–Crippen LogP) is 5.25. The van der Waals surface area contributed by atoms with Gasteiger partial charge in [-0.15, -0.1) is 0 Å². The van der Waals surface area contributed by atoms with E-state index in [2.05, 4.69) is 60.0 Å². The Labute approximate surface area is 161 Å². The molecule has 0 amide bonds. The first kappa shape index (κ1) is 17.1. The summed E-state index contributed by atoms with van der Waals surface area (Å²) in [5, 5.41) is 0. The molecule has 4 rings (SSSR count). The second-order valence-electron chi connectivity index (χ2n) is 5.94. The molecule has 0 aliphatic rings. The maximum Gasteiger partial charge on any atom is 0.348 e. The SMILES string of the molecule is COc1ccc(-c2cc(C)[n+]3c(SC)sc(-c4ccccc4)c3n2)cc1. The molecule has 0 aliphatic carbocycles. The molecule has 5 heteroatoms. The van der Waals surface area contributed by atoms with Crippen molar-refractivity contribution in [1.29, 1.82) is 0 Å². The van der Waals surface area contributed by atoms with E-state index in [1.165, 1.54) is 20.5 Å². The second-order valence-corrected chi connectivity index (χ2v) is 7.99. The van der Waals surface area contributed by atoms with E-state index in [9.17, 15) is 0 Å². The van der Waals surface area contributed by atoms with Gasteiger partial charge in [-0.25, -0.2) is 0 Å². The van der Waals surface area contributed by atoms with Crippen LogP contribution in [0.15, 0.2) is 65.0 Å². The topological polar surface area (TPSA) is 26.2 Å². The van der Waals surface area contributed by atoms with Crippen LogP contribution in [0.5, 0.6) is 5.75 Å². The van der Waals surface area contributed by atoms with Crippen molar-refractivity contribution in [3.8, 4) is 27.4 Å². The molecular weight excluding hydrogens is 360 g/mol. The first-order valence-corrected chi connectivity index (χ1v) is 10.4. The van der Waals surface area contributed by atoms with Gasteiger partial charge >= 0.3 is 5.65 Å². The molecule has 0 fully saturated rings. The maximum absolute atomic E-state index is 5.27. The van der Waals surface area contributed by atoms with E-state index in [0.717, 1.165) is 22.7 Å². The van der Waals surface area contributed by atoms with Crippen molar-refractivity contribution in [1.82, 2.24) is 4.98 Å². The molecule has 26 heavy (non-hydrogen) atoms. The second kappa shape index (κ2) is 7.09. The minimum absolute atomic E-state index is 0.853. The summed E-state index contributed by atoms with van der Waals surface area (Å²) in [6, 6.07) is 20.7. The Hall–Kier alpha value is -2.37. The van der Waals surface area contributed by atoms with Gasteiger partial charge in [0.2, 0.25) is 4.34 Å². The van der Waals surface area contributed by atoms with Crippen LogP contribution in [0, 0.1) is 6.92 Å². The fourth-order valence-corrected chi connectivity index (χ4v) is 4.98. The highest BCUT2D eigenvalue weighted by atomic mass is 32.2. The maximum atomic E-state index is 5.27. The molecule has 4 aromatic rings. The van der Waals surface area contributed by atoms with Gasteiger partial charge in [-0.05, 0) is 42.4 Å². The number of fused-ring (bicyclic) bond motifs is 1. The molecule has 0 N–H and O–H groups in total. The summed E-state index contributed by atoms with van der Waals surface area (Å²) in [5.41, 5.74) is 5.47. The molecule has 3 nitrogen and oxygen atoms in total. The Balaban J connectivity index is 1.94. The van der Waals surface area contributed by atoms with Crippen LogP contribution in [-0.4, -0.2) is 18.3 Å². The third-order valence-electron chi connectivity index (χ3n) is 4.31. The molecule has 2 aromatic carbocycles. The molecule has 130 valence electrons. The summed E-state index contributed by atoms with van der Waals surface area (Å²) in [4.78, 5) is 6.23. The molecular formula is C21H19N2OS2+. The van der Waals surface area contributed by atoms with Gasteiger partial charge in [0.25, 0.3) is 0 Å². The lowest BCUT2D eigenvalue weighted by Gasteiger charge is -2.02. The summed E-state index contributed by atoms with van der Waals surface area (Å²) in [6.07, 6.45) is 2.11. The summed E-state index contributed by atoms with van der Waals surface area (Å²) in [5.74, 6) is 0.853. The highest BCUT2D eigenvalue weighted by Crippen LogP contribution is 2.34. The number of hydrogen-bond donors (Lipinski definition) is 0. The van der Waals surface area contributed by atoms with Crippen molar-refractivity contribution in [3.63, 3.8) is 0 Å². The summed E-state index contributed by atoms with van der Waals surface area (Å²) >= 11 is 3.55. The van der Waals surface area contributed by atoms with E-state index in [1.807, 2.05) is 18.2 Å². The zero-order valence-electron chi connectivity index (χ0n) is 14.9. The van der Waals surface area contributed by atoms with Gasteiger partial charge in [0.15, 0.2) is 5.69 Å². The van der Waals surface area contributed by atoms with Crippen molar-refractivity contribution >= 4 is 28.7 Å². The molecule has 0 atom stereocenters. The first-order chi connectivity index (χ1) is 12.7. The zero-order chi connectivity index (χ0) is 18.1. The molecule has 0 bridgehead atoms. The number of methoxy groups -OCH3 is 1. The summed E-state index contributed by atoms with van der Waals surface area (Å²) in [7, 11) is 1.68. The Morgan fingerprint density at radius 1 is 1.00 bits per heavy atom. The van der Waals surface area contributed by atoms with E-state index in [1.54, 1.807) is 30.2 Å². The predicted molar refractivity (Wildman–Crippen MR) is 109 cm³/mol. The fourth-order valence-electron chi connectivity index (χ4n) is 3.01. The van der Waals surface area contributed by atoms with Crippen LogP contribution in [0.25, 0.3) is 27.3 Å². The molecule has 0 unspecified atom stereocenters. The molecule has 0 aliphatic heterocycles. The molecule has 2 aromatic heterocycles. The number of hydrogen-bond acceptors (Lipinski definition) is 4. The Kier molecular flexibility index (Phi) is 4.66. The average molecular weight is 380 g/mol. The van der Waals surface area contributed by atoms with Crippen molar-refractivity contribution in [2.45, 2.75) is 11.3 Å². The minimum Gasteiger partial charge on any atom is -0.497 e. The lowest BCUT2D eigenvalue weighted by Crippen LogP contribution is -2.26. The smallest absolute Gasteiger partial charge is 0.348 e. The zero-order valence-corrected chi connectivity index (χ0v) is 16.5. The Morgan fingerprint density at radius 3 is 2.38 bits per heavy atom. The largest absolute Gasteiger partial charge is 0.497 e. The third-order valence-corrected chi connectivity index (χ3v) is 6.57. The van der Waals surface area contributed by atoms with E-state index < -0.39 is 0 Å². The normalized spacial score (nSPS) is 11.0. The van der Waals surface area contributed by atoms with Gasteiger partial charge in [0.1, 0.15) is 16.3 Å². The van der Waals surface area contributed by atoms with Crippen molar-refractivity contribution < 1.29 is 9.14 Å². The van der Waals surface area contributed by atoms with E-state index >= 15 is 0 Å². The number of thiazole rings is 1. The highest BCUT2D eigenvalue weighted by Gasteiger charge is 2.24. The van der Waals surface area contributed by atoms with Gasteiger partial charge in [-0.1, -0.05) is 53.4 Å². The van der Waals surface area contributed by atoms with Crippen LogP contribution in [0.4, 0.5) is 0 Å². The van der Waals surface area contributed by atoms with Crippen LogP contribution in [0.2, 0.25) is 0 Å². The first-order valence-electron chi connectivity index (χ1n) is 8.31. The number of aromatic nitrogens is 2. The minimum atomic E-state index is 0.853. The Morgan fingerprint density at radius 2 is 1.73 bits per heavy atom. The summed E-state index contributed by atoms with van der Waals surface area (Å²) < 4.78 is 8.76. The van der Waals surface area contributed by atoms with Crippen LogP contribution in [0.3, 0.4) is 0 Å². The van der Waals surface area contributed by atoms with Crippen LogP contribution >= 0.6 is 23.1 Å². The number of benzene rings is 2. The standard InChI is InChI=1S/C21H19N2OS2/c1-14-13-18(15-9-11-17(24-2)12-10-15)22-20-19(16-7-5-4-6-8-16)26-21(25-3)23(14)20/h4-13H,1-3H3/q+1. The molecule has 0 radical (unpaired) electrons. The van der Waals surface area contributed by atoms with Crippen LogP contribution in [-0.2, 0) is 0 Å². The number of nitrogens with zero attached hydrogens (tertiary/aromatic N) is 2. The van der Waals surface area contributed by atoms with Gasteiger partial charge in [-0.2, -0.15) is 4.40 Å². The van der Waals surface area contributed by atoms with Crippen molar-refractivity contribution in [2.75, 3.05) is 13.4 Å². The molecule has 2 heterocycles. The fraction of sp³-hybridized carbons (Fsp3) is 0.143. The number of thioether (sulfide) groups is 1. The van der Waals surface area contributed by atoms with E-state index in [-0.39, 0.29) is 0 Å². The van der Waals surface area contributed by atoms with E-state index in [0.29, 0.717) is 0 Å². The van der Waals surface area contributed by atoms with Gasteiger partial charge < -0.3 is 4.74 Å². The van der Waals surface area contributed by atoms with Crippen LogP contribution in [0.1, 0.15) is 5.69 Å². The number of rotatable bonds is 4. The molecule has 0 saturated heterocycles. The monoisotopic (exact) mass is 379 g/mol. The molecule has 0 spiro atoms. The van der Waals surface area contributed by atoms with Crippen LogP contribution < -0.4 is 9.14 Å². The number of aryl methyl sites for hydroxylation is 1. The van der Waals surface area contributed by atoms with E-state index in [4.69, 9.17) is 9.72 Å². The summed E-state index contributed by atoms with van der Waals surface area (Å²) in [6.45, 7) is 2.14. The highest BCUT2D eigenvalue weighted by molar-refractivity contribution is 8.00. The third kappa shape index (κ3) is 2.97. The van der Waals surface area contributed by atoms with Gasteiger partial charge in [0.05, 0.1) is 7.11 Å². The van der Waals surface area contributed by atoms with Gasteiger partial charge in [-0.3, -0.25) is 0 Å². The van der Waals surface area contributed by atoms with Crippen molar-refractivity contribution in [2.24, 2.45) is 0 Å². The Bertz CT molecular complexity index is 1060. The quantitative estimate of drug-likeness (QED) is 0.358. The average Bonchev–Trinajstić information content (AvgIpc) is 3.08. The lowest BCUT2D eigenvalue weighted by atomic mass is 10.1. The number of ether oxygens (including phenoxy) is 1. The van der Waals surface area contributed by atoms with Gasteiger partial charge in [0, 0.05) is 17.2 Å². The molecule has 0 saturated carbocycles. The van der Waals surface area contributed by atoms with Crippen molar-refractivity contribution in [3.05, 3.63) is 66.4 Å².